The molecule has 5 aromatic rings. The molecule has 4 aromatic carbocycles. The van der Waals surface area contributed by atoms with E-state index in [-0.39, 0.29) is 7.43 Å². The Bertz CT molecular complexity index is 2230. The number of aromatic nitrogens is 4. The second-order valence-corrected chi connectivity index (χ2v) is 31.4. The zero-order chi connectivity index (χ0) is 49.4. The third-order valence-corrected chi connectivity index (χ3v) is 24.0. The summed E-state index contributed by atoms with van der Waals surface area (Å²) in [6.07, 6.45) is 7.50. The summed E-state index contributed by atoms with van der Waals surface area (Å²) < 4.78 is 8.18. The number of unbranched alkanes of at least 4 members (excludes halogenated alkanes) is 3. The summed E-state index contributed by atoms with van der Waals surface area (Å²) >= 11 is -2.45. The van der Waals surface area contributed by atoms with Gasteiger partial charge >= 0.3 is 105 Å². The van der Waals surface area contributed by atoms with E-state index in [1.807, 2.05) is 54.6 Å². The standard InChI is InChI=1S/C21H28N6.C21H27N3.3C4H9.CH4.N3.Sn/c1-14(2)12-27(13-15(3)4)20-10-9-16(11-19(20)22)17-7-5-6-8-18(17)21-23-25-26-24-21;1-15(2)13-24(14-16(3)4)21-10-9-17(11-20(21)23)19-8-6-5-7-18(19)12-22;3*1-3-4-2;;1-3-2;/h5-11,14-15H,12-13,22H2,1-4H3,(H,23,24,25,26);5-11,15-16H,13-14,23H2,1-4H3;3*1,3-4H2,2H3;1H4;;/q;;;;;;-1;+1. The van der Waals surface area contributed by atoms with Gasteiger partial charge in [0.2, 0.25) is 5.82 Å². The van der Waals surface area contributed by atoms with E-state index in [1.165, 1.54) is 51.8 Å². The van der Waals surface area contributed by atoms with Crippen LogP contribution < -0.4 is 21.3 Å². The van der Waals surface area contributed by atoms with Crippen molar-refractivity contribution >= 4 is 41.4 Å². The number of benzene rings is 4. The second-order valence-electron chi connectivity index (χ2n) is 19.6. The van der Waals surface area contributed by atoms with Crippen molar-refractivity contribution in [1.29, 1.82) is 5.26 Å². The van der Waals surface area contributed by atoms with Gasteiger partial charge in [0.1, 0.15) is 0 Å². The van der Waals surface area contributed by atoms with Gasteiger partial charge in [0.05, 0.1) is 34.4 Å². The molecule has 5 N–H and O–H groups in total. The maximum absolute atomic E-state index is 9.30. The van der Waals surface area contributed by atoms with E-state index in [9.17, 15) is 5.26 Å². The SMILES string of the molecule is C.CC(C)CN(CC(C)C)c1ccc(-c2ccccc2-c2nn[nH]n2)cc1N.CC(C)CN(CC(C)C)c1ccc(-c2ccccc2C#N)cc1N.CCC[CH2][Sn]([CH2]CCC)([CH2]CCC)[N]=[N+]=[N-]. The molecule has 1 aromatic heterocycles. The third-order valence-electron chi connectivity index (χ3n) is 11.5. The number of nitriles is 1. The average Bonchev–Trinajstić information content (AvgIpc) is 3.84. The van der Waals surface area contributed by atoms with E-state index >= 15 is 0 Å². The van der Waals surface area contributed by atoms with Crippen LogP contribution in [0, 0.1) is 35.0 Å². The Labute approximate surface area is 415 Å². The molecule has 0 aliphatic heterocycles. The van der Waals surface area contributed by atoms with Gasteiger partial charge in [-0.2, -0.15) is 10.5 Å². The first-order valence-electron chi connectivity index (χ1n) is 24.8. The topological polar surface area (TPSA) is 186 Å². The molecule has 0 saturated heterocycles. The molecule has 0 amide bonds. The molecule has 68 heavy (non-hydrogen) atoms. The summed E-state index contributed by atoms with van der Waals surface area (Å²) in [7, 11) is 0. The van der Waals surface area contributed by atoms with Gasteiger partial charge < -0.3 is 21.3 Å². The number of anilines is 4. The molecule has 370 valence electrons. The van der Waals surface area contributed by atoms with Crippen LogP contribution in [0.4, 0.5) is 22.7 Å². The fraction of sp³-hybridized carbons (Fsp3) is 0.527. The van der Waals surface area contributed by atoms with Crippen LogP contribution >= 0.6 is 0 Å². The van der Waals surface area contributed by atoms with Crippen LogP contribution in [0.2, 0.25) is 13.3 Å². The quantitative estimate of drug-likeness (QED) is 0.0190. The van der Waals surface area contributed by atoms with Gasteiger partial charge in [-0.15, -0.1) is 10.2 Å². The van der Waals surface area contributed by atoms with Crippen LogP contribution in [-0.2, 0) is 0 Å². The van der Waals surface area contributed by atoms with E-state index in [1.54, 1.807) is 0 Å². The first-order chi connectivity index (χ1) is 32.1. The normalized spacial score (nSPS) is 11.0. The fourth-order valence-corrected chi connectivity index (χ4v) is 20.7. The molecular formula is C55H86N12Sn. The molecule has 0 fully saturated rings. The van der Waals surface area contributed by atoms with Crippen LogP contribution in [0.5, 0.6) is 0 Å². The maximum atomic E-state index is 9.30. The predicted molar refractivity (Wildman–Crippen MR) is 295 cm³/mol. The van der Waals surface area contributed by atoms with E-state index in [0.717, 1.165) is 76.7 Å². The number of rotatable bonds is 23. The van der Waals surface area contributed by atoms with Crippen molar-refractivity contribution in [2.24, 2.45) is 27.0 Å². The first kappa shape index (κ1) is 58.9. The van der Waals surface area contributed by atoms with Gasteiger partial charge in [-0.25, -0.2) is 0 Å². The van der Waals surface area contributed by atoms with Crippen LogP contribution in [0.1, 0.15) is 128 Å². The summed E-state index contributed by atoms with van der Waals surface area (Å²) in [5, 5.41) is 23.7. The number of nitrogens with zero attached hydrogens (tertiary/aromatic N) is 9. The average molecular weight is 1030 g/mol. The summed E-state index contributed by atoms with van der Waals surface area (Å²) in [4.78, 5) is 7.94. The minimum absolute atomic E-state index is 0. The zero-order valence-corrected chi connectivity index (χ0v) is 45.6. The zero-order valence-electron chi connectivity index (χ0n) is 42.8. The molecule has 0 spiro atoms. The van der Waals surface area contributed by atoms with Crippen LogP contribution in [0.3, 0.4) is 0 Å². The van der Waals surface area contributed by atoms with Gasteiger partial charge in [0, 0.05) is 31.7 Å². The molecule has 0 saturated carbocycles. The number of hydrogen-bond donors (Lipinski definition) is 3. The molecule has 1 heterocycles. The number of nitrogens with two attached hydrogens (primary N) is 2. The number of nitrogen functional groups attached to an aromatic ring is 2. The molecule has 12 nitrogen and oxygen atoms in total. The molecule has 0 atom stereocenters. The molecule has 5 rings (SSSR count). The van der Waals surface area contributed by atoms with Crippen molar-refractivity contribution in [2.75, 3.05) is 47.4 Å². The van der Waals surface area contributed by atoms with Crippen molar-refractivity contribution in [3.8, 4) is 39.7 Å². The molecule has 0 radical (unpaired) electrons. The van der Waals surface area contributed by atoms with Gasteiger partial charge in [-0.3, -0.25) is 0 Å². The van der Waals surface area contributed by atoms with Crippen molar-refractivity contribution in [2.45, 2.75) is 135 Å². The van der Waals surface area contributed by atoms with Gasteiger partial charge in [-0.1, -0.05) is 117 Å². The Balaban J connectivity index is 0.000000360. The Hall–Kier alpha value is -5.25. The van der Waals surface area contributed by atoms with Crippen LogP contribution in [0.15, 0.2) is 88.3 Å². The van der Waals surface area contributed by atoms with Gasteiger partial charge in [0.15, 0.2) is 0 Å². The molecule has 0 bridgehead atoms. The Morgan fingerprint density at radius 2 is 1.06 bits per heavy atom. The Morgan fingerprint density at radius 3 is 1.43 bits per heavy atom. The number of tetrazole rings is 1. The predicted octanol–water partition coefficient (Wildman–Crippen LogP) is 15.4. The Kier molecular flexibility index (Phi) is 26.8. The molecule has 0 aliphatic carbocycles. The first-order valence-corrected chi connectivity index (χ1v) is 32.1. The summed E-state index contributed by atoms with van der Waals surface area (Å²) in [5.41, 5.74) is 31.0. The van der Waals surface area contributed by atoms with E-state index in [4.69, 9.17) is 17.0 Å². The third kappa shape index (κ3) is 19.0. The molecule has 13 heteroatoms. The van der Waals surface area contributed by atoms with Crippen molar-refractivity contribution < 1.29 is 0 Å². The number of H-pyrrole nitrogens is 1. The van der Waals surface area contributed by atoms with Crippen molar-refractivity contribution in [3.63, 3.8) is 0 Å². The summed E-state index contributed by atoms with van der Waals surface area (Å²) in [6, 6.07) is 30.3. The minimum atomic E-state index is -2.45. The fourth-order valence-electron chi connectivity index (χ4n) is 8.50. The number of azide groups is 1. The summed E-state index contributed by atoms with van der Waals surface area (Å²) in [5.74, 6) is 2.86. The number of nitrogens with one attached hydrogen (secondary N) is 1. The van der Waals surface area contributed by atoms with Crippen molar-refractivity contribution in [1.82, 2.24) is 20.6 Å². The second kappa shape index (κ2) is 31.0. The summed E-state index contributed by atoms with van der Waals surface area (Å²) in [6.45, 7) is 28.5. The monoisotopic (exact) mass is 1030 g/mol. The molecule has 0 unspecified atom stereocenters. The van der Waals surface area contributed by atoms with Crippen LogP contribution in [-0.4, -0.2) is 65.5 Å². The van der Waals surface area contributed by atoms with E-state index < -0.39 is 18.7 Å². The van der Waals surface area contributed by atoms with E-state index in [2.05, 4.69) is 151 Å². The van der Waals surface area contributed by atoms with Crippen molar-refractivity contribution in [3.05, 3.63) is 101 Å². The number of aromatic amines is 1. The van der Waals surface area contributed by atoms with Gasteiger partial charge in [-0.05, 0) is 81.5 Å². The van der Waals surface area contributed by atoms with Crippen LogP contribution in [0.25, 0.3) is 44.1 Å². The van der Waals surface area contributed by atoms with E-state index in [0.29, 0.717) is 35.1 Å². The number of hydrogen-bond acceptors (Lipinski definition) is 9. The molecule has 0 aliphatic rings. The van der Waals surface area contributed by atoms with Gasteiger partial charge in [0.25, 0.3) is 0 Å². The molecular weight excluding hydrogens is 947 g/mol. The Morgan fingerprint density at radius 1 is 0.647 bits per heavy atom.